The van der Waals surface area contributed by atoms with E-state index in [-0.39, 0.29) is 35.9 Å². The zero-order chi connectivity index (χ0) is 19.3. The average molecular weight is 358 g/mol. The summed E-state index contributed by atoms with van der Waals surface area (Å²) in [5.41, 5.74) is 2.32. The Kier molecular flexibility index (Phi) is 6.76. The van der Waals surface area contributed by atoms with Crippen molar-refractivity contribution in [3.8, 4) is 0 Å². The third kappa shape index (κ3) is 5.28. The van der Waals surface area contributed by atoms with Gasteiger partial charge in [-0.25, -0.2) is 0 Å². The van der Waals surface area contributed by atoms with Crippen LogP contribution in [0.3, 0.4) is 0 Å². The largest absolute Gasteiger partial charge is 0.481 e. The van der Waals surface area contributed by atoms with E-state index >= 15 is 0 Å². The molecule has 1 aromatic carbocycles. The lowest BCUT2D eigenvalue weighted by Crippen LogP contribution is -2.19. The number of Topliss-reactive ketones (excluding diaryl/α,β-unsaturated/α-hetero) is 1. The van der Waals surface area contributed by atoms with Crippen molar-refractivity contribution in [2.24, 2.45) is 5.92 Å². The van der Waals surface area contributed by atoms with Gasteiger partial charge in [0.25, 0.3) is 0 Å². The lowest BCUT2D eigenvalue weighted by atomic mass is 9.82. The lowest BCUT2D eigenvalue weighted by molar-refractivity contribution is -0.137. The summed E-state index contributed by atoms with van der Waals surface area (Å²) in [4.78, 5) is 22.8. The molecule has 2 N–H and O–H groups in total. The molecule has 3 unspecified atom stereocenters. The maximum Gasteiger partial charge on any atom is 0.303 e. The molecule has 1 aliphatic carbocycles. The number of carboxylic acids is 1. The molecule has 2 rings (SSSR count). The molecule has 142 valence electrons. The number of aliphatic hydroxyl groups excluding tert-OH is 1. The number of unbranched alkanes of at least 4 members (excludes halogenated alkanes) is 1. The topological polar surface area (TPSA) is 74.6 Å². The molecule has 26 heavy (non-hydrogen) atoms. The zero-order valence-electron chi connectivity index (χ0n) is 15.9. The first-order valence-electron chi connectivity index (χ1n) is 9.38. The van der Waals surface area contributed by atoms with Gasteiger partial charge in [-0.1, -0.05) is 57.2 Å². The summed E-state index contributed by atoms with van der Waals surface area (Å²) in [7, 11) is 0. The van der Waals surface area contributed by atoms with Crippen molar-refractivity contribution < 1.29 is 19.8 Å². The Balaban J connectivity index is 2.04. The van der Waals surface area contributed by atoms with Crippen molar-refractivity contribution in [1.29, 1.82) is 0 Å². The number of aliphatic hydroxyl groups is 1. The van der Waals surface area contributed by atoms with Gasteiger partial charge in [-0.15, -0.1) is 0 Å². The maximum atomic E-state index is 12.3. The van der Waals surface area contributed by atoms with Gasteiger partial charge in [0.1, 0.15) is 5.78 Å². The number of hydrogen-bond donors (Lipinski definition) is 2. The van der Waals surface area contributed by atoms with Crippen LogP contribution in [0.4, 0.5) is 0 Å². The molecule has 0 spiro atoms. The van der Waals surface area contributed by atoms with E-state index < -0.39 is 12.1 Å². The molecular weight excluding hydrogens is 328 g/mol. The third-order valence-corrected chi connectivity index (χ3v) is 5.15. The fraction of sp³-hybridized carbons (Fsp3) is 0.545. The Morgan fingerprint density at radius 2 is 1.85 bits per heavy atom. The van der Waals surface area contributed by atoms with Crippen LogP contribution in [0.1, 0.15) is 69.9 Å². The van der Waals surface area contributed by atoms with Gasteiger partial charge in [-0.3, -0.25) is 9.59 Å². The molecule has 1 aromatic rings. The standard InChI is InChI=1S/C22H30O4/c1-22(2,3)16-12-10-15(11-13-16)21-17(18(23)14-19(21)24)8-6-4-5-7-9-20(25)26/h4,6,10-13,17,19,21,24H,5,7-9,14H2,1-3H3,(H,25,26)/b6-4-. The van der Waals surface area contributed by atoms with Crippen molar-refractivity contribution in [3.63, 3.8) is 0 Å². The highest BCUT2D eigenvalue weighted by atomic mass is 16.4. The number of hydrogen-bond acceptors (Lipinski definition) is 3. The number of allylic oxidation sites excluding steroid dienone is 2. The van der Waals surface area contributed by atoms with Gasteiger partial charge in [0.05, 0.1) is 6.10 Å². The van der Waals surface area contributed by atoms with Gasteiger partial charge in [0, 0.05) is 24.7 Å². The summed E-state index contributed by atoms with van der Waals surface area (Å²) in [6, 6.07) is 8.25. The maximum absolute atomic E-state index is 12.3. The third-order valence-electron chi connectivity index (χ3n) is 5.15. The van der Waals surface area contributed by atoms with Crippen LogP contribution < -0.4 is 0 Å². The monoisotopic (exact) mass is 358 g/mol. The fourth-order valence-electron chi connectivity index (χ4n) is 3.62. The molecule has 0 aliphatic heterocycles. The molecule has 4 heteroatoms. The van der Waals surface area contributed by atoms with Crippen molar-refractivity contribution in [2.75, 3.05) is 0 Å². The Morgan fingerprint density at radius 1 is 1.19 bits per heavy atom. The summed E-state index contributed by atoms with van der Waals surface area (Å²) < 4.78 is 0. The number of rotatable bonds is 7. The van der Waals surface area contributed by atoms with E-state index in [0.717, 1.165) is 5.56 Å². The molecule has 1 aliphatic rings. The van der Waals surface area contributed by atoms with Crippen LogP contribution >= 0.6 is 0 Å². The fourth-order valence-corrected chi connectivity index (χ4v) is 3.62. The van der Waals surface area contributed by atoms with E-state index in [2.05, 4.69) is 32.9 Å². The van der Waals surface area contributed by atoms with Crippen LogP contribution in [0.15, 0.2) is 36.4 Å². The second kappa shape index (κ2) is 8.63. The van der Waals surface area contributed by atoms with Gasteiger partial charge < -0.3 is 10.2 Å². The van der Waals surface area contributed by atoms with Gasteiger partial charge in [-0.2, -0.15) is 0 Å². The van der Waals surface area contributed by atoms with E-state index in [1.54, 1.807) is 0 Å². The van der Waals surface area contributed by atoms with Gasteiger partial charge in [0.2, 0.25) is 0 Å². The summed E-state index contributed by atoms with van der Waals surface area (Å²) in [5.74, 6) is -1.05. The zero-order valence-corrected chi connectivity index (χ0v) is 15.9. The Bertz CT molecular complexity index is 652. The van der Waals surface area contributed by atoms with E-state index in [9.17, 15) is 14.7 Å². The summed E-state index contributed by atoms with van der Waals surface area (Å²) in [5, 5.41) is 19.0. The van der Waals surface area contributed by atoms with Crippen molar-refractivity contribution in [3.05, 3.63) is 47.5 Å². The molecule has 0 bridgehead atoms. The van der Waals surface area contributed by atoms with E-state index in [0.29, 0.717) is 19.3 Å². The molecule has 1 fully saturated rings. The van der Waals surface area contributed by atoms with Crippen LogP contribution in [-0.4, -0.2) is 28.1 Å². The van der Waals surface area contributed by atoms with Crippen LogP contribution in [-0.2, 0) is 15.0 Å². The van der Waals surface area contributed by atoms with Crippen LogP contribution in [0.5, 0.6) is 0 Å². The van der Waals surface area contributed by atoms with Crippen molar-refractivity contribution in [2.45, 2.75) is 70.3 Å². The molecule has 0 heterocycles. The first-order chi connectivity index (χ1) is 12.2. The molecule has 4 nitrogen and oxygen atoms in total. The number of carbonyl (C=O) groups excluding carboxylic acids is 1. The van der Waals surface area contributed by atoms with Gasteiger partial charge >= 0.3 is 5.97 Å². The number of aliphatic carboxylic acids is 1. The minimum Gasteiger partial charge on any atom is -0.481 e. The highest BCUT2D eigenvalue weighted by Gasteiger charge is 2.41. The van der Waals surface area contributed by atoms with Crippen LogP contribution in [0, 0.1) is 5.92 Å². The predicted molar refractivity (Wildman–Crippen MR) is 102 cm³/mol. The summed E-state index contributed by atoms with van der Waals surface area (Å²) in [6.45, 7) is 6.48. The highest BCUT2D eigenvalue weighted by Crippen LogP contribution is 2.40. The quantitative estimate of drug-likeness (QED) is 0.565. The SMILES string of the molecule is CC(C)(C)c1ccc(C2C(O)CC(=O)C2C/C=C\CCCC(=O)O)cc1. The van der Waals surface area contributed by atoms with E-state index in [1.807, 2.05) is 24.3 Å². The molecule has 0 aromatic heterocycles. The van der Waals surface area contributed by atoms with Crippen molar-refractivity contribution >= 4 is 11.8 Å². The highest BCUT2D eigenvalue weighted by molar-refractivity contribution is 5.85. The Hall–Kier alpha value is -1.94. The molecule has 3 atom stereocenters. The second-order valence-electron chi connectivity index (χ2n) is 8.24. The summed E-state index contributed by atoms with van der Waals surface area (Å²) >= 11 is 0. The number of ketones is 1. The minimum atomic E-state index is -0.786. The van der Waals surface area contributed by atoms with Crippen LogP contribution in [0.25, 0.3) is 0 Å². The van der Waals surface area contributed by atoms with Crippen molar-refractivity contribution in [1.82, 2.24) is 0 Å². The Labute approximate surface area is 155 Å². The van der Waals surface area contributed by atoms with Gasteiger partial charge in [-0.05, 0) is 35.8 Å². The smallest absolute Gasteiger partial charge is 0.303 e. The molecule has 0 radical (unpaired) electrons. The molecule has 0 amide bonds. The van der Waals surface area contributed by atoms with Crippen LogP contribution in [0.2, 0.25) is 0 Å². The second-order valence-corrected chi connectivity index (χ2v) is 8.24. The molecule has 1 saturated carbocycles. The summed E-state index contributed by atoms with van der Waals surface area (Å²) in [6.07, 6.45) is 5.53. The Morgan fingerprint density at radius 3 is 2.42 bits per heavy atom. The molecule has 0 saturated heterocycles. The average Bonchev–Trinajstić information content (AvgIpc) is 2.83. The number of benzene rings is 1. The molecular formula is C22H30O4. The minimum absolute atomic E-state index is 0.0702. The number of carbonyl (C=O) groups is 2. The lowest BCUT2D eigenvalue weighted by Gasteiger charge is -2.23. The van der Waals surface area contributed by atoms with E-state index in [1.165, 1.54) is 5.56 Å². The normalized spacial score (nSPS) is 23.7. The predicted octanol–water partition coefficient (Wildman–Crippen LogP) is 4.22. The van der Waals surface area contributed by atoms with E-state index in [4.69, 9.17) is 5.11 Å². The first-order valence-corrected chi connectivity index (χ1v) is 9.38. The van der Waals surface area contributed by atoms with Gasteiger partial charge in [0.15, 0.2) is 0 Å². The number of carboxylic acid groups (broad SMARTS) is 1. The first kappa shape index (κ1) is 20.4.